The molecule has 1 aromatic heterocycles. The third-order valence-electron chi connectivity index (χ3n) is 7.07. The predicted molar refractivity (Wildman–Crippen MR) is 129 cm³/mol. The van der Waals surface area contributed by atoms with Gasteiger partial charge < -0.3 is 15.5 Å². The molecule has 2 heterocycles. The number of benzene rings is 1. The molecule has 0 radical (unpaired) electrons. The molecule has 1 amide bonds. The zero-order chi connectivity index (χ0) is 26.9. The van der Waals surface area contributed by atoms with Crippen molar-refractivity contribution in [2.24, 2.45) is 17.3 Å². The largest absolute Gasteiger partial charge is 0.434 e. The Morgan fingerprint density at radius 1 is 1.25 bits per heavy atom. The van der Waals surface area contributed by atoms with Gasteiger partial charge in [-0.3, -0.25) is 4.79 Å². The number of alkyl halides is 3. The summed E-state index contributed by atoms with van der Waals surface area (Å²) in [6.07, 6.45) is -2.24. The van der Waals surface area contributed by atoms with Crippen LogP contribution in [0.4, 0.5) is 23.2 Å². The van der Waals surface area contributed by atoms with Crippen LogP contribution in [0.1, 0.15) is 69.2 Å². The van der Waals surface area contributed by atoms with Crippen LogP contribution in [0.15, 0.2) is 30.6 Å². The van der Waals surface area contributed by atoms with E-state index >= 15 is 4.39 Å². The Bertz CT molecular complexity index is 1110. The Morgan fingerprint density at radius 2 is 1.94 bits per heavy atom. The van der Waals surface area contributed by atoms with E-state index in [1.54, 1.807) is 6.07 Å². The van der Waals surface area contributed by atoms with Crippen molar-refractivity contribution in [2.45, 2.75) is 59.1 Å². The normalized spacial score (nSPS) is 21.3. The summed E-state index contributed by atoms with van der Waals surface area (Å²) in [5.41, 5.74) is -1.31. The summed E-state index contributed by atoms with van der Waals surface area (Å²) in [7, 11) is 0. The lowest BCUT2D eigenvalue weighted by Gasteiger charge is -2.41. The van der Waals surface area contributed by atoms with Crippen molar-refractivity contribution in [2.75, 3.05) is 18.5 Å². The second-order valence-electron chi connectivity index (χ2n) is 10.4. The monoisotopic (exact) mass is 508 g/mol. The van der Waals surface area contributed by atoms with Gasteiger partial charge in [0.05, 0.1) is 25.6 Å². The van der Waals surface area contributed by atoms with Gasteiger partial charge in [0.2, 0.25) is 0 Å². The van der Waals surface area contributed by atoms with Crippen LogP contribution >= 0.6 is 0 Å². The Morgan fingerprint density at radius 3 is 2.44 bits per heavy atom. The minimum absolute atomic E-state index is 0.0450. The molecule has 1 aromatic carbocycles. The maximum atomic E-state index is 15.4. The molecule has 10 heteroatoms. The molecule has 0 aliphatic carbocycles. The SMILES string of the molecule is CCC(CC(=N)C(C)(C)C)C1(c2cc(NC(=O)c3cnc(C(F)(F)F)cn3)ccc2F)COCC1C. The summed E-state index contributed by atoms with van der Waals surface area (Å²) in [4.78, 5) is 19.5. The van der Waals surface area contributed by atoms with E-state index < -0.39 is 29.0 Å². The number of anilines is 1. The molecule has 36 heavy (non-hydrogen) atoms. The van der Waals surface area contributed by atoms with Crippen LogP contribution in [-0.4, -0.2) is 34.8 Å². The zero-order valence-corrected chi connectivity index (χ0v) is 21.1. The summed E-state index contributed by atoms with van der Waals surface area (Å²) >= 11 is 0. The van der Waals surface area contributed by atoms with Gasteiger partial charge in [-0.2, -0.15) is 13.2 Å². The van der Waals surface area contributed by atoms with E-state index in [9.17, 15) is 18.0 Å². The number of aromatic nitrogens is 2. The van der Waals surface area contributed by atoms with Crippen molar-refractivity contribution in [3.05, 3.63) is 53.4 Å². The number of ether oxygens (including phenoxy) is 1. The average Bonchev–Trinajstić information content (AvgIpc) is 3.19. The molecule has 3 unspecified atom stereocenters. The van der Waals surface area contributed by atoms with Gasteiger partial charge >= 0.3 is 6.18 Å². The fourth-order valence-corrected chi connectivity index (χ4v) is 4.77. The van der Waals surface area contributed by atoms with Crippen LogP contribution in [0.5, 0.6) is 0 Å². The van der Waals surface area contributed by atoms with Crippen molar-refractivity contribution < 1.29 is 27.1 Å². The van der Waals surface area contributed by atoms with Crippen molar-refractivity contribution in [3.63, 3.8) is 0 Å². The summed E-state index contributed by atoms with van der Waals surface area (Å²) in [5.74, 6) is -1.33. The smallest absolute Gasteiger partial charge is 0.380 e. The number of amides is 1. The molecule has 0 bridgehead atoms. The molecule has 0 spiro atoms. The molecule has 2 aromatic rings. The van der Waals surface area contributed by atoms with E-state index in [0.29, 0.717) is 36.9 Å². The molecule has 6 nitrogen and oxygen atoms in total. The number of rotatable bonds is 7. The van der Waals surface area contributed by atoms with E-state index in [-0.39, 0.29) is 35.2 Å². The number of nitrogens with one attached hydrogen (secondary N) is 2. The first kappa shape index (κ1) is 27.7. The Balaban J connectivity index is 1.95. The zero-order valence-electron chi connectivity index (χ0n) is 21.1. The molecule has 3 rings (SSSR count). The Labute approximate surface area is 208 Å². The summed E-state index contributed by atoms with van der Waals surface area (Å²) < 4.78 is 59.4. The molecular formula is C26H32F4N4O2. The Hall–Kier alpha value is -2.88. The fourth-order valence-electron chi connectivity index (χ4n) is 4.77. The average molecular weight is 509 g/mol. The molecule has 1 saturated heterocycles. The summed E-state index contributed by atoms with van der Waals surface area (Å²) in [5, 5.41) is 11.2. The topological polar surface area (TPSA) is 88.0 Å². The number of nitrogens with zero attached hydrogens (tertiary/aromatic N) is 2. The first-order valence-corrected chi connectivity index (χ1v) is 11.9. The highest BCUT2D eigenvalue weighted by molar-refractivity contribution is 6.02. The van der Waals surface area contributed by atoms with Gasteiger partial charge in [0.15, 0.2) is 5.69 Å². The van der Waals surface area contributed by atoms with E-state index in [1.165, 1.54) is 12.1 Å². The first-order valence-electron chi connectivity index (χ1n) is 11.9. The van der Waals surface area contributed by atoms with Crippen LogP contribution in [0.3, 0.4) is 0 Å². The Kier molecular flexibility index (Phi) is 7.88. The molecule has 1 fully saturated rings. The minimum Gasteiger partial charge on any atom is -0.380 e. The first-order chi connectivity index (χ1) is 16.7. The lowest BCUT2D eigenvalue weighted by atomic mass is 9.61. The number of carbonyl (C=O) groups is 1. The van der Waals surface area contributed by atoms with E-state index in [2.05, 4.69) is 15.3 Å². The van der Waals surface area contributed by atoms with Gasteiger partial charge in [-0.1, -0.05) is 41.0 Å². The molecule has 3 atom stereocenters. The second-order valence-corrected chi connectivity index (χ2v) is 10.4. The van der Waals surface area contributed by atoms with Crippen molar-refractivity contribution in [1.29, 1.82) is 5.41 Å². The molecule has 2 N–H and O–H groups in total. The van der Waals surface area contributed by atoms with Crippen molar-refractivity contribution in [1.82, 2.24) is 9.97 Å². The molecule has 1 aliphatic rings. The van der Waals surface area contributed by atoms with E-state index in [0.717, 1.165) is 6.20 Å². The highest BCUT2D eigenvalue weighted by Gasteiger charge is 2.50. The second kappa shape index (κ2) is 10.2. The van der Waals surface area contributed by atoms with Gasteiger partial charge in [0.25, 0.3) is 5.91 Å². The summed E-state index contributed by atoms with van der Waals surface area (Å²) in [6, 6.07) is 4.21. The third kappa shape index (κ3) is 5.58. The number of carbonyl (C=O) groups excluding carboxylic acids is 1. The highest BCUT2D eigenvalue weighted by Crippen LogP contribution is 2.49. The highest BCUT2D eigenvalue weighted by atomic mass is 19.4. The van der Waals surface area contributed by atoms with Crippen LogP contribution in [0.2, 0.25) is 0 Å². The van der Waals surface area contributed by atoms with Gasteiger partial charge in [0, 0.05) is 16.8 Å². The number of hydrogen-bond donors (Lipinski definition) is 2. The van der Waals surface area contributed by atoms with Gasteiger partial charge in [-0.15, -0.1) is 0 Å². The van der Waals surface area contributed by atoms with Gasteiger partial charge in [-0.05, 0) is 47.4 Å². The van der Waals surface area contributed by atoms with Crippen LogP contribution in [0.25, 0.3) is 0 Å². The maximum Gasteiger partial charge on any atom is 0.434 e. The van der Waals surface area contributed by atoms with Crippen LogP contribution in [-0.2, 0) is 16.3 Å². The third-order valence-corrected chi connectivity index (χ3v) is 7.07. The fraction of sp³-hybridized carbons (Fsp3) is 0.538. The lowest BCUT2D eigenvalue weighted by Crippen LogP contribution is -2.43. The van der Waals surface area contributed by atoms with Gasteiger partial charge in [-0.25, -0.2) is 14.4 Å². The number of halogens is 4. The van der Waals surface area contributed by atoms with Crippen molar-refractivity contribution in [3.8, 4) is 0 Å². The van der Waals surface area contributed by atoms with E-state index in [1.807, 2.05) is 34.6 Å². The molecular weight excluding hydrogens is 476 g/mol. The van der Waals surface area contributed by atoms with Gasteiger partial charge in [0.1, 0.15) is 11.5 Å². The number of hydrogen-bond acceptors (Lipinski definition) is 5. The standard InChI is InChI=1S/C26H32F4N4O2/c1-6-16(9-21(31)24(3,4)5)25(14-36-13-15(25)2)18-10-17(7-8-19(18)27)34-23(35)20-11-33-22(12-32-20)26(28,29)30/h7-8,10-12,15-16,31H,6,9,13-14H2,1-5H3,(H,34,35). The van der Waals surface area contributed by atoms with E-state index in [4.69, 9.17) is 10.1 Å². The maximum absolute atomic E-state index is 15.4. The van der Waals surface area contributed by atoms with Crippen LogP contribution < -0.4 is 5.32 Å². The molecule has 196 valence electrons. The molecule has 0 saturated carbocycles. The lowest BCUT2D eigenvalue weighted by molar-refractivity contribution is -0.141. The minimum atomic E-state index is -4.67. The molecule has 1 aliphatic heterocycles. The van der Waals surface area contributed by atoms with Crippen LogP contribution in [0, 0.1) is 28.5 Å². The quantitative estimate of drug-likeness (QED) is 0.341. The van der Waals surface area contributed by atoms with Crippen molar-refractivity contribution >= 4 is 17.3 Å². The predicted octanol–water partition coefficient (Wildman–Crippen LogP) is 6.27. The summed E-state index contributed by atoms with van der Waals surface area (Å²) in [6.45, 7) is 10.7.